The van der Waals surface area contributed by atoms with Crippen molar-refractivity contribution in [2.24, 2.45) is 5.92 Å². The number of phenolic OH excluding ortho intramolecular Hbond substituents is 1. The Morgan fingerprint density at radius 2 is 2.11 bits per heavy atom. The van der Waals surface area contributed by atoms with Crippen LogP contribution in [0.25, 0.3) is 0 Å². The molecule has 1 aromatic carbocycles. The molecule has 0 heterocycles. The Bertz CT molecular complexity index is 408. The molecule has 1 aliphatic carbocycles. The molecule has 1 aliphatic rings. The van der Waals surface area contributed by atoms with E-state index in [0.717, 1.165) is 24.2 Å². The zero-order valence-electron chi connectivity index (χ0n) is 11.4. The van der Waals surface area contributed by atoms with E-state index in [2.05, 4.69) is 5.32 Å². The summed E-state index contributed by atoms with van der Waals surface area (Å²) < 4.78 is 5.17. The summed E-state index contributed by atoms with van der Waals surface area (Å²) in [5.41, 5.74) is 0.835. The van der Waals surface area contributed by atoms with Gasteiger partial charge in [-0.1, -0.05) is 12.8 Å². The quantitative estimate of drug-likeness (QED) is 0.762. The lowest BCUT2D eigenvalue weighted by molar-refractivity contribution is 0.152. The first kappa shape index (κ1) is 14.2. The third kappa shape index (κ3) is 3.61. The van der Waals surface area contributed by atoms with Crippen LogP contribution in [0.2, 0.25) is 0 Å². The average molecular weight is 265 g/mol. The Labute approximate surface area is 114 Å². The van der Waals surface area contributed by atoms with Gasteiger partial charge in [0, 0.05) is 24.8 Å². The van der Waals surface area contributed by atoms with E-state index in [1.807, 2.05) is 6.07 Å². The van der Waals surface area contributed by atoms with Crippen molar-refractivity contribution in [1.82, 2.24) is 5.32 Å². The van der Waals surface area contributed by atoms with E-state index in [9.17, 15) is 10.2 Å². The van der Waals surface area contributed by atoms with Gasteiger partial charge in [-0.2, -0.15) is 0 Å². The molecule has 1 saturated carbocycles. The molecule has 0 saturated heterocycles. The van der Waals surface area contributed by atoms with Crippen molar-refractivity contribution in [3.63, 3.8) is 0 Å². The average Bonchev–Trinajstić information content (AvgIpc) is 2.46. The minimum atomic E-state index is 0.238. The molecule has 1 aromatic rings. The predicted molar refractivity (Wildman–Crippen MR) is 74.3 cm³/mol. The summed E-state index contributed by atoms with van der Waals surface area (Å²) >= 11 is 0. The second-order valence-corrected chi connectivity index (χ2v) is 5.21. The van der Waals surface area contributed by atoms with Gasteiger partial charge in [-0.25, -0.2) is 0 Å². The first-order chi connectivity index (χ1) is 9.24. The first-order valence-electron chi connectivity index (χ1n) is 6.94. The molecule has 19 heavy (non-hydrogen) atoms. The Balaban J connectivity index is 1.97. The number of nitrogens with one attached hydrogen (secondary N) is 1. The SMILES string of the molecule is COc1ccc(O)c(CNC2CCCCC2CO)c1. The van der Waals surface area contributed by atoms with Crippen molar-refractivity contribution in [3.05, 3.63) is 23.8 Å². The molecule has 106 valence electrons. The predicted octanol–water partition coefficient (Wildman–Crippen LogP) is 2.04. The standard InChI is InChI=1S/C15H23NO3/c1-19-13-6-7-15(18)12(8-13)9-16-14-5-3-2-4-11(14)10-17/h6-8,11,14,16-18H,2-5,9-10H2,1H3. The molecule has 2 atom stereocenters. The van der Waals surface area contributed by atoms with Crippen molar-refractivity contribution in [1.29, 1.82) is 0 Å². The van der Waals surface area contributed by atoms with Gasteiger partial charge < -0.3 is 20.3 Å². The van der Waals surface area contributed by atoms with Crippen LogP contribution in [-0.4, -0.2) is 30.0 Å². The number of rotatable bonds is 5. The summed E-state index contributed by atoms with van der Waals surface area (Å²) in [5, 5.41) is 22.7. The Morgan fingerprint density at radius 1 is 1.32 bits per heavy atom. The fourth-order valence-corrected chi connectivity index (χ4v) is 2.77. The maximum atomic E-state index is 9.84. The zero-order valence-corrected chi connectivity index (χ0v) is 11.4. The number of aliphatic hydroxyl groups excluding tert-OH is 1. The second-order valence-electron chi connectivity index (χ2n) is 5.21. The number of benzene rings is 1. The molecule has 3 N–H and O–H groups in total. The molecule has 4 heteroatoms. The summed E-state index contributed by atoms with van der Waals surface area (Å²) in [6.07, 6.45) is 4.58. The number of ether oxygens (including phenoxy) is 1. The molecular formula is C15H23NO3. The number of aromatic hydroxyl groups is 1. The molecular weight excluding hydrogens is 242 g/mol. The van der Waals surface area contributed by atoms with Gasteiger partial charge in [0.05, 0.1) is 7.11 Å². The van der Waals surface area contributed by atoms with E-state index < -0.39 is 0 Å². The number of methoxy groups -OCH3 is 1. The Morgan fingerprint density at radius 3 is 2.84 bits per heavy atom. The smallest absolute Gasteiger partial charge is 0.120 e. The monoisotopic (exact) mass is 265 g/mol. The summed E-state index contributed by atoms with van der Waals surface area (Å²) in [6, 6.07) is 5.58. The molecule has 4 nitrogen and oxygen atoms in total. The highest BCUT2D eigenvalue weighted by molar-refractivity contribution is 5.39. The number of hydrogen-bond donors (Lipinski definition) is 3. The lowest BCUT2D eigenvalue weighted by Crippen LogP contribution is -2.39. The normalized spacial score (nSPS) is 23.3. The van der Waals surface area contributed by atoms with Gasteiger partial charge >= 0.3 is 0 Å². The lowest BCUT2D eigenvalue weighted by Gasteiger charge is -2.31. The van der Waals surface area contributed by atoms with E-state index in [-0.39, 0.29) is 12.4 Å². The van der Waals surface area contributed by atoms with Crippen LogP contribution in [0, 0.1) is 5.92 Å². The fraction of sp³-hybridized carbons (Fsp3) is 0.600. The largest absolute Gasteiger partial charge is 0.508 e. The zero-order chi connectivity index (χ0) is 13.7. The van der Waals surface area contributed by atoms with Crippen LogP contribution in [0.5, 0.6) is 11.5 Å². The van der Waals surface area contributed by atoms with E-state index in [0.29, 0.717) is 18.5 Å². The molecule has 0 radical (unpaired) electrons. The van der Waals surface area contributed by atoms with Crippen LogP contribution in [0.4, 0.5) is 0 Å². The van der Waals surface area contributed by atoms with Crippen molar-refractivity contribution in [2.75, 3.05) is 13.7 Å². The van der Waals surface area contributed by atoms with Gasteiger partial charge in [0.1, 0.15) is 11.5 Å². The van der Waals surface area contributed by atoms with Crippen molar-refractivity contribution < 1.29 is 14.9 Å². The lowest BCUT2D eigenvalue weighted by atomic mass is 9.85. The first-order valence-corrected chi connectivity index (χ1v) is 6.94. The highest BCUT2D eigenvalue weighted by Crippen LogP contribution is 2.26. The summed E-state index contributed by atoms with van der Waals surface area (Å²) in [7, 11) is 1.62. The Hall–Kier alpha value is -1.26. The molecule has 0 bridgehead atoms. The highest BCUT2D eigenvalue weighted by atomic mass is 16.5. The van der Waals surface area contributed by atoms with Crippen LogP contribution in [0.1, 0.15) is 31.2 Å². The number of phenols is 1. The van der Waals surface area contributed by atoms with Gasteiger partial charge in [-0.3, -0.25) is 0 Å². The van der Waals surface area contributed by atoms with Crippen LogP contribution < -0.4 is 10.1 Å². The van der Waals surface area contributed by atoms with Crippen LogP contribution >= 0.6 is 0 Å². The highest BCUT2D eigenvalue weighted by Gasteiger charge is 2.24. The van der Waals surface area contributed by atoms with Crippen molar-refractivity contribution in [3.8, 4) is 11.5 Å². The van der Waals surface area contributed by atoms with E-state index >= 15 is 0 Å². The maximum absolute atomic E-state index is 9.84. The summed E-state index contributed by atoms with van der Waals surface area (Å²) in [5.74, 6) is 1.36. The molecule has 2 rings (SSSR count). The van der Waals surface area contributed by atoms with E-state index in [1.165, 1.54) is 12.8 Å². The van der Waals surface area contributed by atoms with E-state index in [1.54, 1.807) is 19.2 Å². The van der Waals surface area contributed by atoms with Crippen molar-refractivity contribution >= 4 is 0 Å². The number of aliphatic hydroxyl groups is 1. The topological polar surface area (TPSA) is 61.7 Å². The summed E-state index contributed by atoms with van der Waals surface area (Å²) in [6.45, 7) is 0.839. The van der Waals surface area contributed by atoms with E-state index in [4.69, 9.17) is 4.74 Å². The van der Waals surface area contributed by atoms with Crippen molar-refractivity contribution in [2.45, 2.75) is 38.3 Å². The van der Waals surface area contributed by atoms with Gasteiger partial charge in [0.25, 0.3) is 0 Å². The molecule has 0 aromatic heterocycles. The molecule has 2 unspecified atom stereocenters. The third-order valence-electron chi connectivity index (χ3n) is 3.98. The third-order valence-corrected chi connectivity index (χ3v) is 3.98. The molecule has 0 amide bonds. The van der Waals surface area contributed by atoms with Crippen LogP contribution in [-0.2, 0) is 6.54 Å². The Kier molecular flexibility index (Phi) is 5.05. The summed E-state index contributed by atoms with van der Waals surface area (Å²) in [4.78, 5) is 0. The van der Waals surface area contributed by atoms with Crippen LogP contribution in [0.3, 0.4) is 0 Å². The van der Waals surface area contributed by atoms with Gasteiger partial charge in [-0.15, -0.1) is 0 Å². The molecule has 0 aliphatic heterocycles. The fourth-order valence-electron chi connectivity index (χ4n) is 2.77. The second kappa shape index (κ2) is 6.78. The number of hydrogen-bond acceptors (Lipinski definition) is 4. The maximum Gasteiger partial charge on any atom is 0.120 e. The molecule has 0 spiro atoms. The minimum Gasteiger partial charge on any atom is -0.508 e. The van der Waals surface area contributed by atoms with Crippen LogP contribution in [0.15, 0.2) is 18.2 Å². The molecule has 1 fully saturated rings. The van der Waals surface area contributed by atoms with Gasteiger partial charge in [0.2, 0.25) is 0 Å². The minimum absolute atomic E-state index is 0.238. The van der Waals surface area contributed by atoms with Gasteiger partial charge in [-0.05, 0) is 37.0 Å². The van der Waals surface area contributed by atoms with Gasteiger partial charge in [0.15, 0.2) is 0 Å².